The summed E-state index contributed by atoms with van der Waals surface area (Å²) < 4.78 is 4.79. The van der Waals surface area contributed by atoms with Crippen molar-refractivity contribution in [3.05, 3.63) is 0 Å². The van der Waals surface area contributed by atoms with Crippen LogP contribution in [0, 0.1) is 5.92 Å². The summed E-state index contributed by atoms with van der Waals surface area (Å²) in [5, 5.41) is 0. The van der Waals surface area contributed by atoms with Crippen LogP contribution in [0.15, 0.2) is 0 Å². The van der Waals surface area contributed by atoms with Crippen LogP contribution in [0.3, 0.4) is 0 Å². The van der Waals surface area contributed by atoms with Gasteiger partial charge in [-0.2, -0.15) is 0 Å². The molecule has 11 heavy (non-hydrogen) atoms. The lowest BCUT2D eigenvalue weighted by molar-refractivity contribution is -0.146. The Hall–Kier alpha value is -0.570. The highest BCUT2D eigenvalue weighted by Crippen LogP contribution is 2.22. The van der Waals surface area contributed by atoms with Crippen LogP contribution in [-0.2, 0) is 14.3 Å². The normalized spacial score (nSPS) is 30.2. The zero-order valence-corrected chi connectivity index (χ0v) is 6.93. The number of alkyl halides is 1. The van der Waals surface area contributed by atoms with Crippen molar-refractivity contribution in [2.24, 2.45) is 5.92 Å². The number of hydrogen-bond acceptors (Lipinski definition) is 3. The van der Waals surface area contributed by atoms with Gasteiger partial charge in [-0.25, -0.2) is 0 Å². The third-order valence-corrected chi connectivity index (χ3v) is 2.07. The first-order chi connectivity index (χ1) is 5.15. The van der Waals surface area contributed by atoms with Gasteiger partial charge < -0.3 is 4.74 Å². The number of ether oxygens (including phenoxy) is 1. The minimum absolute atomic E-state index is 0.136. The Morgan fingerprint density at radius 3 is 2.73 bits per heavy atom. The molecule has 0 saturated carbocycles. The fraction of sp³-hybridized carbons (Fsp3) is 0.714. The van der Waals surface area contributed by atoms with Crippen LogP contribution in [0.1, 0.15) is 13.3 Å². The summed E-state index contributed by atoms with van der Waals surface area (Å²) in [5.41, 5.74) is 0. The third kappa shape index (κ3) is 1.71. The van der Waals surface area contributed by atoms with Gasteiger partial charge in [0.05, 0.1) is 5.88 Å². The van der Waals surface area contributed by atoms with Crippen LogP contribution in [0.2, 0.25) is 0 Å². The Balaban J connectivity index is 2.59. The summed E-state index contributed by atoms with van der Waals surface area (Å²) >= 11 is 5.45. The molecule has 0 amide bonds. The SMILES string of the molecule is CC(=O)C1CC(CCl)OC1=O. The molecule has 0 aliphatic carbocycles. The van der Waals surface area contributed by atoms with E-state index < -0.39 is 11.9 Å². The number of halogens is 1. The second-order valence-electron chi connectivity index (χ2n) is 2.61. The topological polar surface area (TPSA) is 43.4 Å². The fourth-order valence-corrected chi connectivity index (χ4v) is 1.27. The van der Waals surface area contributed by atoms with Crippen LogP contribution in [0.25, 0.3) is 0 Å². The number of ketones is 1. The molecule has 4 heteroatoms. The molecule has 0 aromatic carbocycles. The maximum absolute atomic E-state index is 10.9. The van der Waals surface area contributed by atoms with Gasteiger partial charge in [0.2, 0.25) is 0 Å². The van der Waals surface area contributed by atoms with Crippen molar-refractivity contribution < 1.29 is 14.3 Å². The third-order valence-electron chi connectivity index (χ3n) is 1.73. The zero-order chi connectivity index (χ0) is 8.43. The number of carbonyl (C=O) groups is 2. The summed E-state index contributed by atoms with van der Waals surface area (Å²) in [6.07, 6.45) is 0.176. The number of hydrogen-bond donors (Lipinski definition) is 0. The number of rotatable bonds is 2. The molecule has 1 rings (SSSR count). The molecule has 0 spiro atoms. The lowest BCUT2D eigenvalue weighted by Gasteiger charge is -2.00. The van der Waals surface area contributed by atoms with Gasteiger partial charge in [0.15, 0.2) is 0 Å². The van der Waals surface area contributed by atoms with E-state index in [0.717, 1.165) is 0 Å². The van der Waals surface area contributed by atoms with E-state index in [0.29, 0.717) is 6.42 Å². The summed E-state index contributed by atoms with van der Waals surface area (Å²) in [7, 11) is 0. The first-order valence-electron chi connectivity index (χ1n) is 3.42. The predicted molar refractivity (Wildman–Crippen MR) is 39.4 cm³/mol. The molecule has 0 aromatic rings. The molecule has 0 aromatic heterocycles. The average Bonchev–Trinajstić information content (AvgIpc) is 2.30. The second kappa shape index (κ2) is 3.22. The van der Waals surface area contributed by atoms with Crippen molar-refractivity contribution in [1.29, 1.82) is 0 Å². The molecular weight excluding hydrogens is 168 g/mol. The summed E-state index contributed by atoms with van der Waals surface area (Å²) in [5.74, 6) is -0.861. The molecule has 1 aliphatic heterocycles. The molecule has 1 saturated heterocycles. The largest absolute Gasteiger partial charge is 0.461 e. The van der Waals surface area contributed by atoms with Gasteiger partial charge >= 0.3 is 5.97 Å². The molecule has 1 heterocycles. The van der Waals surface area contributed by atoms with Crippen LogP contribution in [0.4, 0.5) is 0 Å². The molecule has 3 nitrogen and oxygen atoms in total. The van der Waals surface area contributed by atoms with Crippen molar-refractivity contribution in [3.63, 3.8) is 0 Å². The lowest BCUT2D eigenvalue weighted by Crippen LogP contribution is -2.15. The van der Waals surface area contributed by atoms with E-state index in [2.05, 4.69) is 0 Å². The van der Waals surface area contributed by atoms with Crippen LogP contribution in [-0.4, -0.2) is 23.7 Å². The Morgan fingerprint density at radius 1 is 1.82 bits per heavy atom. The van der Waals surface area contributed by atoms with Crippen molar-refractivity contribution in [2.45, 2.75) is 19.4 Å². The van der Waals surface area contributed by atoms with Crippen LogP contribution < -0.4 is 0 Å². The van der Waals surface area contributed by atoms with E-state index in [-0.39, 0.29) is 17.8 Å². The van der Waals surface area contributed by atoms with E-state index in [9.17, 15) is 9.59 Å². The van der Waals surface area contributed by atoms with Gasteiger partial charge in [0.1, 0.15) is 17.8 Å². The standard InChI is InChI=1S/C7H9ClO3/c1-4(9)6-2-5(3-8)11-7(6)10/h5-6H,2-3H2,1H3. The Morgan fingerprint density at radius 2 is 2.45 bits per heavy atom. The summed E-state index contributed by atoms with van der Waals surface area (Å²) in [4.78, 5) is 21.7. The maximum atomic E-state index is 10.9. The maximum Gasteiger partial charge on any atom is 0.316 e. The first kappa shape index (κ1) is 8.53. The molecule has 2 atom stereocenters. The predicted octanol–water partition coefficient (Wildman–Crippen LogP) is 0.746. The second-order valence-corrected chi connectivity index (χ2v) is 2.92. The summed E-state index contributed by atoms with van der Waals surface area (Å²) in [6, 6.07) is 0. The van der Waals surface area contributed by atoms with Crippen molar-refractivity contribution in [2.75, 3.05) is 5.88 Å². The monoisotopic (exact) mass is 176 g/mol. The highest BCUT2D eigenvalue weighted by Gasteiger charge is 2.36. The van der Waals surface area contributed by atoms with Crippen molar-refractivity contribution >= 4 is 23.4 Å². The summed E-state index contributed by atoms with van der Waals surface area (Å²) in [6.45, 7) is 1.39. The van der Waals surface area contributed by atoms with Gasteiger partial charge in [0, 0.05) is 6.42 Å². The Labute approximate surface area is 69.7 Å². The minimum Gasteiger partial charge on any atom is -0.461 e. The Kier molecular flexibility index (Phi) is 2.49. The van der Waals surface area contributed by atoms with Gasteiger partial charge in [0.25, 0.3) is 0 Å². The van der Waals surface area contributed by atoms with E-state index in [1.165, 1.54) is 6.92 Å². The molecule has 0 bridgehead atoms. The van der Waals surface area contributed by atoms with Crippen molar-refractivity contribution in [3.8, 4) is 0 Å². The van der Waals surface area contributed by atoms with E-state index >= 15 is 0 Å². The number of Topliss-reactive ketones (excluding diaryl/α,β-unsaturated/α-hetero) is 1. The van der Waals surface area contributed by atoms with Crippen LogP contribution in [0.5, 0.6) is 0 Å². The van der Waals surface area contributed by atoms with E-state index in [1.54, 1.807) is 0 Å². The lowest BCUT2D eigenvalue weighted by atomic mass is 10.0. The molecular formula is C7H9ClO3. The highest BCUT2D eigenvalue weighted by atomic mass is 35.5. The number of cyclic esters (lactones) is 1. The van der Waals surface area contributed by atoms with Gasteiger partial charge in [-0.3, -0.25) is 9.59 Å². The molecule has 1 fully saturated rings. The van der Waals surface area contributed by atoms with Crippen molar-refractivity contribution in [1.82, 2.24) is 0 Å². The quantitative estimate of drug-likeness (QED) is 0.354. The fourth-order valence-electron chi connectivity index (χ4n) is 1.08. The van der Waals surface area contributed by atoms with Crippen LogP contribution >= 0.6 is 11.6 Å². The zero-order valence-electron chi connectivity index (χ0n) is 6.17. The first-order valence-corrected chi connectivity index (χ1v) is 3.95. The molecule has 0 radical (unpaired) electrons. The molecule has 2 unspecified atom stereocenters. The van der Waals surface area contributed by atoms with Gasteiger partial charge in [-0.05, 0) is 6.92 Å². The van der Waals surface area contributed by atoms with E-state index in [1.807, 2.05) is 0 Å². The number of esters is 1. The van der Waals surface area contributed by atoms with Gasteiger partial charge in [-0.15, -0.1) is 11.6 Å². The number of carbonyl (C=O) groups excluding carboxylic acids is 2. The highest BCUT2D eigenvalue weighted by molar-refractivity contribution is 6.18. The van der Waals surface area contributed by atoms with Gasteiger partial charge in [-0.1, -0.05) is 0 Å². The molecule has 1 aliphatic rings. The smallest absolute Gasteiger partial charge is 0.316 e. The molecule has 0 N–H and O–H groups in total. The Bertz CT molecular complexity index is 190. The minimum atomic E-state index is -0.571. The average molecular weight is 177 g/mol. The molecule has 62 valence electrons. The van der Waals surface area contributed by atoms with E-state index in [4.69, 9.17) is 16.3 Å².